The SMILES string of the molecule is Cc1ccc(SCCC(=O)N(Cc2ccccc2F)C(C)C(=O)NC(C)(C)C)cc1. The van der Waals surface area contributed by atoms with Gasteiger partial charge in [0.1, 0.15) is 11.9 Å². The van der Waals surface area contributed by atoms with Crippen LogP contribution >= 0.6 is 11.8 Å². The predicted molar refractivity (Wildman–Crippen MR) is 121 cm³/mol. The van der Waals surface area contributed by atoms with Crippen molar-refractivity contribution in [2.45, 2.75) is 64.1 Å². The maximum Gasteiger partial charge on any atom is 0.242 e. The molecule has 0 heterocycles. The summed E-state index contributed by atoms with van der Waals surface area (Å²) in [6.45, 7) is 9.44. The van der Waals surface area contributed by atoms with Crippen molar-refractivity contribution in [2.24, 2.45) is 0 Å². The Labute approximate surface area is 183 Å². The van der Waals surface area contributed by atoms with Crippen molar-refractivity contribution in [1.29, 1.82) is 0 Å². The lowest BCUT2D eigenvalue weighted by atomic mass is 10.1. The summed E-state index contributed by atoms with van der Waals surface area (Å²) in [7, 11) is 0. The van der Waals surface area contributed by atoms with E-state index in [0.29, 0.717) is 11.3 Å². The van der Waals surface area contributed by atoms with Crippen LogP contribution in [0.2, 0.25) is 0 Å². The van der Waals surface area contributed by atoms with Gasteiger partial charge >= 0.3 is 0 Å². The average molecular weight is 431 g/mol. The van der Waals surface area contributed by atoms with Gasteiger partial charge in [0, 0.05) is 34.7 Å². The van der Waals surface area contributed by atoms with Gasteiger partial charge in [-0.25, -0.2) is 4.39 Å². The zero-order valence-electron chi connectivity index (χ0n) is 18.4. The number of hydrogen-bond donors (Lipinski definition) is 1. The molecule has 0 aliphatic rings. The van der Waals surface area contributed by atoms with Gasteiger partial charge in [-0.2, -0.15) is 0 Å². The Morgan fingerprint density at radius 3 is 2.33 bits per heavy atom. The van der Waals surface area contributed by atoms with E-state index in [0.717, 1.165) is 4.90 Å². The minimum absolute atomic E-state index is 0.0550. The number of halogens is 1. The van der Waals surface area contributed by atoms with Crippen molar-refractivity contribution in [2.75, 3.05) is 5.75 Å². The van der Waals surface area contributed by atoms with Gasteiger partial charge in [-0.1, -0.05) is 35.9 Å². The Balaban J connectivity index is 2.10. The Hall–Kier alpha value is -2.34. The predicted octanol–water partition coefficient (Wildman–Crippen LogP) is 4.95. The number of rotatable bonds is 8. The Bertz CT molecular complexity index is 862. The maximum absolute atomic E-state index is 14.2. The second-order valence-corrected chi connectivity index (χ2v) is 9.61. The topological polar surface area (TPSA) is 49.4 Å². The summed E-state index contributed by atoms with van der Waals surface area (Å²) in [5.41, 5.74) is 1.16. The van der Waals surface area contributed by atoms with E-state index < -0.39 is 11.6 Å². The highest BCUT2D eigenvalue weighted by Crippen LogP contribution is 2.21. The van der Waals surface area contributed by atoms with Crippen LogP contribution in [0.4, 0.5) is 4.39 Å². The molecule has 0 radical (unpaired) electrons. The first-order valence-corrected chi connectivity index (χ1v) is 11.1. The van der Waals surface area contributed by atoms with Gasteiger partial charge in [0.15, 0.2) is 0 Å². The van der Waals surface area contributed by atoms with Gasteiger partial charge in [0.25, 0.3) is 0 Å². The van der Waals surface area contributed by atoms with Crippen LogP contribution in [0.3, 0.4) is 0 Å². The van der Waals surface area contributed by atoms with Crippen LogP contribution in [-0.4, -0.2) is 34.0 Å². The third-order valence-electron chi connectivity index (χ3n) is 4.57. The highest BCUT2D eigenvalue weighted by Gasteiger charge is 2.28. The molecule has 0 bridgehead atoms. The molecule has 30 heavy (non-hydrogen) atoms. The largest absolute Gasteiger partial charge is 0.350 e. The summed E-state index contributed by atoms with van der Waals surface area (Å²) in [5, 5.41) is 2.91. The molecular formula is C24H31FN2O2S. The molecule has 2 rings (SSSR count). The minimum atomic E-state index is -0.708. The number of benzene rings is 2. The second kappa shape index (κ2) is 10.6. The fourth-order valence-corrected chi connectivity index (χ4v) is 3.74. The third-order valence-corrected chi connectivity index (χ3v) is 5.58. The van der Waals surface area contributed by atoms with Crippen molar-refractivity contribution in [3.8, 4) is 0 Å². The van der Waals surface area contributed by atoms with Crippen LogP contribution < -0.4 is 5.32 Å². The van der Waals surface area contributed by atoms with E-state index in [9.17, 15) is 14.0 Å². The Kier molecular flexibility index (Phi) is 8.47. The highest BCUT2D eigenvalue weighted by molar-refractivity contribution is 7.99. The molecule has 6 heteroatoms. The van der Waals surface area contributed by atoms with E-state index in [2.05, 4.69) is 5.32 Å². The molecule has 1 N–H and O–H groups in total. The van der Waals surface area contributed by atoms with E-state index in [1.807, 2.05) is 52.0 Å². The Morgan fingerprint density at radius 2 is 1.73 bits per heavy atom. The number of nitrogens with one attached hydrogen (secondary N) is 1. The Morgan fingerprint density at radius 1 is 1.10 bits per heavy atom. The molecule has 0 saturated heterocycles. The lowest BCUT2D eigenvalue weighted by molar-refractivity contribution is -0.141. The summed E-state index contributed by atoms with van der Waals surface area (Å²) in [6.07, 6.45) is 0.264. The van der Waals surface area contributed by atoms with E-state index in [1.165, 1.54) is 16.5 Å². The summed E-state index contributed by atoms with van der Waals surface area (Å²) >= 11 is 1.59. The molecule has 0 fully saturated rings. The monoisotopic (exact) mass is 430 g/mol. The normalized spacial score (nSPS) is 12.3. The minimum Gasteiger partial charge on any atom is -0.350 e. The number of nitrogens with zero attached hydrogens (tertiary/aromatic N) is 1. The van der Waals surface area contributed by atoms with Gasteiger partial charge in [-0.3, -0.25) is 9.59 Å². The number of carbonyl (C=O) groups is 2. The molecule has 0 aliphatic carbocycles. The number of amides is 2. The molecule has 1 unspecified atom stereocenters. The zero-order chi connectivity index (χ0) is 22.3. The standard InChI is InChI=1S/C24H31FN2O2S/c1-17-10-12-20(13-11-17)30-15-14-22(28)27(16-19-8-6-7-9-21(19)25)18(2)23(29)26-24(3,4)5/h6-13,18H,14-16H2,1-5H3,(H,26,29). The van der Waals surface area contributed by atoms with E-state index >= 15 is 0 Å². The molecule has 0 aromatic heterocycles. The van der Waals surface area contributed by atoms with Gasteiger partial charge in [0.2, 0.25) is 11.8 Å². The van der Waals surface area contributed by atoms with Crippen LogP contribution in [0.15, 0.2) is 53.4 Å². The lowest BCUT2D eigenvalue weighted by Gasteiger charge is -2.31. The molecule has 1 atom stereocenters. The number of thioether (sulfide) groups is 1. The average Bonchev–Trinajstić information content (AvgIpc) is 2.67. The molecule has 2 amide bonds. The second-order valence-electron chi connectivity index (χ2n) is 8.44. The first kappa shape index (κ1) is 23.9. The summed E-state index contributed by atoms with van der Waals surface area (Å²) in [4.78, 5) is 28.3. The van der Waals surface area contributed by atoms with Crippen LogP contribution in [0.5, 0.6) is 0 Å². The van der Waals surface area contributed by atoms with Crippen molar-refractivity contribution in [1.82, 2.24) is 10.2 Å². The maximum atomic E-state index is 14.2. The van der Waals surface area contributed by atoms with Gasteiger partial charge < -0.3 is 10.2 Å². The fraction of sp³-hybridized carbons (Fsp3) is 0.417. The number of carbonyl (C=O) groups excluding carboxylic acids is 2. The van der Waals surface area contributed by atoms with Gasteiger partial charge in [-0.05, 0) is 52.8 Å². The van der Waals surface area contributed by atoms with Crippen molar-refractivity contribution >= 4 is 23.6 Å². The van der Waals surface area contributed by atoms with Crippen LogP contribution in [0.25, 0.3) is 0 Å². The molecule has 2 aromatic rings. The molecule has 2 aromatic carbocycles. The number of hydrogen-bond acceptors (Lipinski definition) is 3. The zero-order valence-corrected chi connectivity index (χ0v) is 19.2. The first-order valence-electron chi connectivity index (χ1n) is 10.1. The van der Waals surface area contributed by atoms with E-state index in [-0.39, 0.29) is 30.6 Å². The summed E-state index contributed by atoms with van der Waals surface area (Å²) in [5.74, 6) is -0.218. The van der Waals surface area contributed by atoms with Crippen molar-refractivity contribution in [3.05, 3.63) is 65.5 Å². The quantitative estimate of drug-likeness (QED) is 0.603. The van der Waals surface area contributed by atoms with E-state index in [4.69, 9.17) is 0 Å². The fourth-order valence-electron chi connectivity index (χ4n) is 2.90. The summed E-state index contributed by atoms with van der Waals surface area (Å²) in [6, 6.07) is 13.8. The van der Waals surface area contributed by atoms with Crippen LogP contribution in [-0.2, 0) is 16.1 Å². The van der Waals surface area contributed by atoms with Crippen LogP contribution in [0, 0.1) is 12.7 Å². The van der Waals surface area contributed by atoms with Crippen LogP contribution in [0.1, 0.15) is 45.2 Å². The lowest BCUT2D eigenvalue weighted by Crippen LogP contribution is -2.52. The molecule has 0 spiro atoms. The van der Waals surface area contributed by atoms with Crippen molar-refractivity contribution in [3.63, 3.8) is 0 Å². The highest BCUT2D eigenvalue weighted by atomic mass is 32.2. The van der Waals surface area contributed by atoms with Crippen molar-refractivity contribution < 1.29 is 14.0 Å². The molecular weight excluding hydrogens is 399 g/mol. The molecule has 4 nitrogen and oxygen atoms in total. The van der Waals surface area contributed by atoms with Gasteiger partial charge in [-0.15, -0.1) is 11.8 Å². The summed E-state index contributed by atoms with van der Waals surface area (Å²) < 4.78 is 14.2. The molecule has 162 valence electrons. The van der Waals surface area contributed by atoms with Gasteiger partial charge in [0.05, 0.1) is 0 Å². The third kappa shape index (κ3) is 7.48. The molecule has 0 aliphatic heterocycles. The first-order chi connectivity index (χ1) is 14.1. The number of aryl methyl sites for hydroxylation is 1. The van der Waals surface area contributed by atoms with E-state index in [1.54, 1.807) is 36.9 Å². The molecule has 0 saturated carbocycles. The smallest absolute Gasteiger partial charge is 0.242 e.